The second kappa shape index (κ2) is 11.6. The summed E-state index contributed by atoms with van der Waals surface area (Å²) in [6.07, 6.45) is 2.46. The van der Waals surface area contributed by atoms with E-state index in [1.54, 1.807) is 30.5 Å². The minimum Gasteiger partial charge on any atom is -0.506 e. The normalized spacial score (nSPS) is 12.3. The first-order valence-corrected chi connectivity index (χ1v) is 13.9. The molecule has 0 atom stereocenters. The van der Waals surface area contributed by atoms with Gasteiger partial charge in [-0.2, -0.15) is 0 Å². The number of esters is 1. The summed E-state index contributed by atoms with van der Waals surface area (Å²) in [6.45, 7) is 1.71. The van der Waals surface area contributed by atoms with Gasteiger partial charge in [0.05, 0.1) is 17.6 Å². The van der Waals surface area contributed by atoms with Gasteiger partial charge in [0.2, 0.25) is 0 Å². The second-order valence-electron chi connectivity index (χ2n) is 7.91. The Labute approximate surface area is 232 Å². The van der Waals surface area contributed by atoms with E-state index < -0.39 is 33.1 Å². The number of aromatic amines is 1. The van der Waals surface area contributed by atoms with Gasteiger partial charge in [0.25, 0.3) is 15.8 Å². The van der Waals surface area contributed by atoms with E-state index in [9.17, 15) is 23.1 Å². The molecule has 0 saturated heterocycles. The zero-order chi connectivity index (χ0) is 28.2. The number of aliphatic hydroxyl groups is 1. The average molecular weight is 584 g/mol. The van der Waals surface area contributed by atoms with Crippen molar-refractivity contribution in [2.75, 3.05) is 17.1 Å². The number of rotatable bonds is 8. The number of aliphatic imine (C=N–C) groups is 1. The number of carbonyl (C=O) groups is 2. The number of anilines is 2. The number of methoxy groups -OCH3 is 1. The Balaban J connectivity index is 1.57. The molecule has 11 nitrogen and oxygen atoms in total. The quantitative estimate of drug-likeness (QED) is 0.0594. The van der Waals surface area contributed by atoms with Crippen molar-refractivity contribution >= 4 is 84.1 Å². The SMILES string of the molecule is COC(=O)C(=O)C(/C=N/C(=S)Nc1ccc(S(=O)(=O)Nc2nccs2)cc1)=C(/O)c1c(C)[nH]c2ccccc12. The van der Waals surface area contributed by atoms with Crippen molar-refractivity contribution in [2.24, 2.45) is 4.99 Å². The fourth-order valence-electron chi connectivity index (χ4n) is 3.59. The molecule has 0 amide bonds. The maximum atomic E-state index is 12.8. The first-order valence-electron chi connectivity index (χ1n) is 11.1. The molecule has 0 unspecified atom stereocenters. The molecular formula is C25H21N5O6S3. The lowest BCUT2D eigenvalue weighted by atomic mass is 10.0. The van der Waals surface area contributed by atoms with E-state index >= 15 is 0 Å². The molecule has 0 fully saturated rings. The lowest BCUT2D eigenvalue weighted by Crippen LogP contribution is -2.20. The number of thiocarbonyl (C=S) groups is 1. The Morgan fingerprint density at radius 3 is 2.56 bits per heavy atom. The van der Waals surface area contributed by atoms with Gasteiger partial charge in [-0.3, -0.25) is 9.52 Å². The van der Waals surface area contributed by atoms with Crippen LogP contribution >= 0.6 is 23.6 Å². The van der Waals surface area contributed by atoms with Crippen LogP contribution in [0.15, 0.2) is 75.6 Å². The van der Waals surface area contributed by atoms with Crippen molar-refractivity contribution in [3.05, 3.63) is 76.9 Å². The van der Waals surface area contributed by atoms with Crippen molar-refractivity contribution in [3.8, 4) is 0 Å². The molecule has 0 aliphatic carbocycles. The van der Waals surface area contributed by atoms with Crippen molar-refractivity contribution < 1.29 is 27.9 Å². The maximum Gasteiger partial charge on any atom is 0.379 e. The number of para-hydroxylation sites is 1. The molecule has 14 heteroatoms. The monoisotopic (exact) mass is 583 g/mol. The lowest BCUT2D eigenvalue weighted by Gasteiger charge is -2.08. The highest BCUT2D eigenvalue weighted by Crippen LogP contribution is 2.29. The largest absolute Gasteiger partial charge is 0.506 e. The number of aliphatic hydroxyl groups excluding tert-OH is 1. The average Bonchev–Trinajstić information content (AvgIpc) is 3.54. The minimum absolute atomic E-state index is 0.00517. The zero-order valence-corrected chi connectivity index (χ0v) is 22.9. The van der Waals surface area contributed by atoms with E-state index in [1.807, 2.05) is 6.07 Å². The fourth-order valence-corrected chi connectivity index (χ4v) is 5.55. The highest BCUT2D eigenvalue weighted by atomic mass is 32.2. The molecule has 0 aliphatic rings. The molecule has 0 spiro atoms. The van der Waals surface area contributed by atoms with E-state index in [4.69, 9.17) is 12.2 Å². The van der Waals surface area contributed by atoms with Crippen molar-refractivity contribution in [1.82, 2.24) is 9.97 Å². The third kappa shape index (κ3) is 6.19. The number of hydrogen-bond donors (Lipinski definition) is 4. The van der Waals surface area contributed by atoms with E-state index in [-0.39, 0.29) is 15.1 Å². The fraction of sp³-hybridized carbons (Fsp3) is 0.0800. The molecule has 2 aromatic heterocycles. The van der Waals surface area contributed by atoms with Gasteiger partial charge in [-0.1, -0.05) is 18.2 Å². The van der Waals surface area contributed by atoms with Gasteiger partial charge in [0, 0.05) is 45.6 Å². The predicted molar refractivity (Wildman–Crippen MR) is 154 cm³/mol. The smallest absolute Gasteiger partial charge is 0.379 e. The molecule has 4 rings (SSSR count). The van der Waals surface area contributed by atoms with Gasteiger partial charge in [0.1, 0.15) is 5.76 Å². The highest BCUT2D eigenvalue weighted by molar-refractivity contribution is 7.93. The number of H-pyrrole nitrogens is 1. The van der Waals surface area contributed by atoms with Crippen LogP contribution in [-0.2, 0) is 24.3 Å². The van der Waals surface area contributed by atoms with Gasteiger partial charge in [-0.25, -0.2) is 23.2 Å². The van der Waals surface area contributed by atoms with Gasteiger partial charge in [-0.15, -0.1) is 11.3 Å². The van der Waals surface area contributed by atoms with E-state index in [1.165, 1.54) is 30.5 Å². The topological polar surface area (TPSA) is 163 Å². The van der Waals surface area contributed by atoms with Crippen LogP contribution in [0.3, 0.4) is 0 Å². The number of ether oxygens (including phenoxy) is 1. The van der Waals surface area contributed by atoms with Crippen molar-refractivity contribution in [1.29, 1.82) is 0 Å². The first-order chi connectivity index (χ1) is 18.6. The molecule has 4 N–H and O–H groups in total. The predicted octanol–water partition coefficient (Wildman–Crippen LogP) is 4.21. The van der Waals surface area contributed by atoms with Crippen molar-refractivity contribution in [3.63, 3.8) is 0 Å². The molecule has 0 radical (unpaired) electrons. The number of aromatic nitrogens is 2. The van der Waals surface area contributed by atoms with E-state index in [0.717, 1.165) is 30.2 Å². The molecule has 0 saturated carbocycles. The number of hydrogen-bond acceptors (Lipinski definition) is 9. The number of aryl methyl sites for hydroxylation is 1. The van der Waals surface area contributed by atoms with Crippen LogP contribution in [0.25, 0.3) is 16.7 Å². The number of Topliss-reactive ketones (excluding diaryl/α,β-unsaturated/α-hetero) is 1. The molecule has 39 heavy (non-hydrogen) atoms. The molecule has 0 bridgehead atoms. The molecule has 0 aliphatic heterocycles. The number of thiazole rings is 1. The van der Waals surface area contributed by atoms with Crippen LogP contribution in [-0.4, -0.2) is 53.7 Å². The first kappa shape index (κ1) is 27.6. The van der Waals surface area contributed by atoms with Gasteiger partial charge in [-0.05, 0) is 49.5 Å². The summed E-state index contributed by atoms with van der Waals surface area (Å²) in [7, 11) is -2.78. The van der Waals surface area contributed by atoms with Gasteiger partial charge in [0.15, 0.2) is 10.2 Å². The maximum absolute atomic E-state index is 12.8. The second-order valence-corrected chi connectivity index (χ2v) is 10.9. The number of ketones is 1. The Hall–Kier alpha value is -4.40. The van der Waals surface area contributed by atoms with Crippen LogP contribution in [0, 0.1) is 6.92 Å². The summed E-state index contributed by atoms with van der Waals surface area (Å²) >= 11 is 6.37. The Morgan fingerprint density at radius 1 is 1.18 bits per heavy atom. The molecule has 200 valence electrons. The summed E-state index contributed by atoms with van der Waals surface area (Å²) in [5, 5.41) is 16.3. The van der Waals surface area contributed by atoms with Gasteiger partial charge < -0.3 is 20.1 Å². The Kier molecular flexibility index (Phi) is 8.18. The van der Waals surface area contributed by atoms with Crippen LogP contribution in [0.2, 0.25) is 0 Å². The minimum atomic E-state index is -3.83. The summed E-state index contributed by atoms with van der Waals surface area (Å²) in [5.41, 5.74) is 1.60. The van der Waals surface area contributed by atoms with Crippen LogP contribution < -0.4 is 10.0 Å². The summed E-state index contributed by atoms with van der Waals surface area (Å²) < 4.78 is 31.9. The molecule has 2 aromatic carbocycles. The number of nitrogens with one attached hydrogen (secondary N) is 3. The molecular weight excluding hydrogens is 563 g/mol. The van der Waals surface area contributed by atoms with Crippen molar-refractivity contribution in [2.45, 2.75) is 11.8 Å². The van der Waals surface area contributed by atoms with E-state index in [0.29, 0.717) is 22.3 Å². The number of benzene rings is 2. The number of nitrogens with zero attached hydrogens (tertiary/aromatic N) is 2. The Morgan fingerprint density at radius 2 is 1.90 bits per heavy atom. The summed E-state index contributed by atoms with van der Waals surface area (Å²) in [6, 6.07) is 12.8. The lowest BCUT2D eigenvalue weighted by molar-refractivity contribution is -0.149. The highest BCUT2D eigenvalue weighted by Gasteiger charge is 2.25. The van der Waals surface area contributed by atoms with Crippen LogP contribution in [0.5, 0.6) is 0 Å². The Bertz CT molecular complexity index is 1720. The summed E-state index contributed by atoms with van der Waals surface area (Å²) in [5.74, 6) is -2.79. The van der Waals surface area contributed by atoms with Gasteiger partial charge >= 0.3 is 5.97 Å². The number of sulfonamides is 1. The molecule has 2 heterocycles. The van der Waals surface area contributed by atoms with Crippen LogP contribution in [0.4, 0.5) is 10.8 Å². The third-order valence-electron chi connectivity index (χ3n) is 5.38. The standard InChI is InChI=1S/C25H21N5O6S3/c1-14-20(17-5-3-4-6-19(17)28-14)21(31)18(22(32)23(33)36-2)13-27-24(37)29-15-7-9-16(10-8-15)39(34,35)30-25-26-11-12-38-25/h3-13,28,31H,1-2H3,(H,26,30)(H,29,37)/b21-18+,27-13+. The third-order valence-corrected chi connectivity index (χ3v) is 7.76. The summed E-state index contributed by atoms with van der Waals surface area (Å²) in [4.78, 5) is 35.8. The zero-order valence-electron chi connectivity index (χ0n) is 20.5. The number of fused-ring (bicyclic) bond motifs is 1. The number of carbonyl (C=O) groups excluding carboxylic acids is 2. The molecule has 4 aromatic rings. The van der Waals surface area contributed by atoms with Crippen LogP contribution in [0.1, 0.15) is 11.3 Å². The van der Waals surface area contributed by atoms with E-state index in [2.05, 4.69) is 29.7 Å².